The molecule has 0 fully saturated rings. The first-order valence-corrected chi connectivity index (χ1v) is 6.59. The van der Waals surface area contributed by atoms with E-state index < -0.39 is 0 Å². The summed E-state index contributed by atoms with van der Waals surface area (Å²) >= 11 is 0. The zero-order valence-corrected chi connectivity index (χ0v) is 12.4. The quantitative estimate of drug-likeness (QED) is 0.913. The van der Waals surface area contributed by atoms with Crippen LogP contribution in [0.3, 0.4) is 0 Å². The van der Waals surface area contributed by atoms with E-state index in [1.165, 1.54) is 0 Å². The summed E-state index contributed by atoms with van der Waals surface area (Å²) in [6.45, 7) is 0.596. The molecule has 0 unspecified atom stereocenters. The molecule has 21 heavy (non-hydrogen) atoms. The Balaban J connectivity index is 2.24. The number of benzene rings is 1. The molecule has 1 aromatic heterocycles. The molecule has 108 valence electrons. The van der Waals surface area contributed by atoms with Crippen LogP contribution in [-0.2, 0) is 6.54 Å². The largest absolute Gasteiger partial charge is 0.479 e. The molecule has 0 saturated carbocycles. The first-order valence-electron chi connectivity index (χ1n) is 6.59. The summed E-state index contributed by atoms with van der Waals surface area (Å²) in [6.07, 6.45) is 1.72. The Labute approximate surface area is 124 Å². The van der Waals surface area contributed by atoms with Gasteiger partial charge in [0.25, 0.3) is 0 Å². The Morgan fingerprint density at radius 3 is 2.81 bits per heavy atom. The molecule has 1 heterocycles. The van der Waals surface area contributed by atoms with Gasteiger partial charge in [0.2, 0.25) is 5.88 Å². The van der Waals surface area contributed by atoms with E-state index >= 15 is 0 Å². The number of aromatic nitrogens is 1. The fraction of sp³-hybridized carbons (Fsp3) is 0.250. The predicted molar refractivity (Wildman–Crippen MR) is 83.6 cm³/mol. The van der Waals surface area contributed by atoms with Crippen LogP contribution < -0.4 is 15.0 Å². The molecule has 0 bridgehead atoms. The number of pyridine rings is 1. The predicted octanol–water partition coefficient (Wildman–Crippen LogP) is 2.64. The average Bonchev–Trinajstić information content (AvgIpc) is 2.52. The van der Waals surface area contributed by atoms with Crippen LogP contribution in [0.25, 0.3) is 0 Å². The minimum absolute atomic E-state index is 0.553. The van der Waals surface area contributed by atoms with Gasteiger partial charge in [-0.25, -0.2) is 4.98 Å². The van der Waals surface area contributed by atoms with Crippen molar-refractivity contribution in [2.24, 2.45) is 0 Å². The first-order chi connectivity index (χ1) is 10.2. The first kappa shape index (κ1) is 14.7. The maximum absolute atomic E-state index is 8.94. The lowest BCUT2D eigenvalue weighted by Gasteiger charge is -2.20. The summed E-state index contributed by atoms with van der Waals surface area (Å²) in [4.78, 5) is 6.22. The van der Waals surface area contributed by atoms with Gasteiger partial charge in [0, 0.05) is 26.8 Å². The number of methoxy groups -OCH3 is 1. The molecule has 0 aliphatic rings. The highest BCUT2D eigenvalue weighted by atomic mass is 16.5. The molecule has 0 saturated heterocycles. The molecule has 0 amide bonds. The highest BCUT2D eigenvalue weighted by molar-refractivity contribution is 5.74. The Bertz CT molecular complexity index is 662. The van der Waals surface area contributed by atoms with Gasteiger partial charge in [-0.15, -0.1) is 0 Å². The number of ether oxygens (including phenoxy) is 1. The summed E-state index contributed by atoms with van der Waals surface area (Å²) in [5, 5.41) is 12.3. The van der Waals surface area contributed by atoms with E-state index in [9.17, 15) is 0 Å². The molecule has 1 aromatic carbocycles. The molecule has 1 N–H and O–H groups in total. The second-order valence-corrected chi connectivity index (χ2v) is 4.77. The summed E-state index contributed by atoms with van der Waals surface area (Å²) in [5.41, 5.74) is 3.52. The van der Waals surface area contributed by atoms with E-state index in [1.807, 2.05) is 43.3 Å². The molecule has 5 nitrogen and oxygen atoms in total. The van der Waals surface area contributed by atoms with Crippen LogP contribution in [0.4, 0.5) is 11.4 Å². The molecule has 2 aromatic rings. The van der Waals surface area contributed by atoms with Crippen LogP contribution in [-0.4, -0.2) is 26.2 Å². The van der Waals surface area contributed by atoms with Crippen molar-refractivity contribution in [3.63, 3.8) is 0 Å². The molecule has 2 rings (SSSR count). The van der Waals surface area contributed by atoms with Gasteiger partial charge >= 0.3 is 0 Å². The molecular formula is C16H18N4O. The zero-order chi connectivity index (χ0) is 15.2. The number of rotatable bonds is 5. The third kappa shape index (κ3) is 3.42. The standard InChI is InChI=1S/C16H18N4O/c1-20(2)14-7-8-18-16(21-3)15(14)19-11-13-6-4-5-12(9-13)10-17/h4-9,19H,11H2,1-3H3. The van der Waals surface area contributed by atoms with Crippen LogP contribution in [0.1, 0.15) is 11.1 Å². The number of anilines is 2. The highest BCUT2D eigenvalue weighted by Crippen LogP contribution is 2.32. The maximum Gasteiger partial charge on any atom is 0.239 e. The van der Waals surface area contributed by atoms with Crippen molar-refractivity contribution in [3.8, 4) is 11.9 Å². The highest BCUT2D eigenvalue weighted by Gasteiger charge is 2.11. The third-order valence-corrected chi connectivity index (χ3v) is 3.09. The minimum atomic E-state index is 0.553. The van der Waals surface area contributed by atoms with Gasteiger partial charge in [-0.3, -0.25) is 0 Å². The topological polar surface area (TPSA) is 61.2 Å². The van der Waals surface area contributed by atoms with Gasteiger partial charge < -0.3 is 15.0 Å². The van der Waals surface area contributed by atoms with E-state index in [4.69, 9.17) is 10.00 Å². The molecule has 0 aliphatic heterocycles. The van der Waals surface area contributed by atoms with E-state index in [0.717, 1.165) is 16.9 Å². The average molecular weight is 282 g/mol. The third-order valence-electron chi connectivity index (χ3n) is 3.09. The molecular weight excluding hydrogens is 264 g/mol. The normalized spacial score (nSPS) is 9.81. The Kier molecular flexibility index (Phi) is 4.62. The second-order valence-electron chi connectivity index (χ2n) is 4.77. The smallest absolute Gasteiger partial charge is 0.239 e. The number of nitrogens with one attached hydrogen (secondary N) is 1. The monoisotopic (exact) mass is 282 g/mol. The Morgan fingerprint density at radius 2 is 2.14 bits per heavy atom. The van der Waals surface area contributed by atoms with Crippen molar-refractivity contribution >= 4 is 11.4 Å². The molecule has 5 heteroatoms. The van der Waals surface area contributed by atoms with Crippen LogP contribution in [0.5, 0.6) is 5.88 Å². The number of nitriles is 1. The van der Waals surface area contributed by atoms with Gasteiger partial charge in [0.15, 0.2) is 0 Å². The van der Waals surface area contributed by atoms with Crippen LogP contribution in [0.15, 0.2) is 36.5 Å². The molecule has 0 spiro atoms. The Hall–Kier alpha value is -2.74. The number of hydrogen-bond acceptors (Lipinski definition) is 5. The minimum Gasteiger partial charge on any atom is -0.479 e. The van der Waals surface area contributed by atoms with E-state index in [0.29, 0.717) is 18.0 Å². The summed E-state index contributed by atoms with van der Waals surface area (Å²) < 4.78 is 5.32. The summed E-state index contributed by atoms with van der Waals surface area (Å²) in [7, 11) is 5.54. The van der Waals surface area contributed by atoms with E-state index in [-0.39, 0.29) is 0 Å². The van der Waals surface area contributed by atoms with Crippen LogP contribution in [0.2, 0.25) is 0 Å². The van der Waals surface area contributed by atoms with Crippen molar-refractivity contribution in [1.82, 2.24) is 4.98 Å². The lowest BCUT2D eigenvalue weighted by molar-refractivity contribution is 0.400. The number of nitrogens with zero attached hydrogens (tertiary/aromatic N) is 3. The van der Waals surface area contributed by atoms with Crippen LogP contribution in [0, 0.1) is 11.3 Å². The van der Waals surface area contributed by atoms with Gasteiger partial charge in [0.05, 0.1) is 24.4 Å². The van der Waals surface area contributed by atoms with E-state index in [2.05, 4.69) is 16.4 Å². The van der Waals surface area contributed by atoms with Gasteiger partial charge in [-0.2, -0.15) is 5.26 Å². The van der Waals surface area contributed by atoms with Crippen molar-refractivity contribution in [2.75, 3.05) is 31.4 Å². The second kappa shape index (κ2) is 6.62. The molecule has 0 radical (unpaired) electrons. The molecule has 0 aliphatic carbocycles. The van der Waals surface area contributed by atoms with Crippen LogP contribution >= 0.6 is 0 Å². The van der Waals surface area contributed by atoms with E-state index in [1.54, 1.807) is 19.4 Å². The van der Waals surface area contributed by atoms with Gasteiger partial charge in [0.1, 0.15) is 5.69 Å². The SMILES string of the molecule is COc1nccc(N(C)C)c1NCc1cccc(C#N)c1. The molecule has 0 atom stereocenters. The van der Waals surface area contributed by atoms with Crippen molar-refractivity contribution in [2.45, 2.75) is 6.54 Å². The van der Waals surface area contributed by atoms with Gasteiger partial charge in [-0.1, -0.05) is 12.1 Å². The number of hydrogen-bond donors (Lipinski definition) is 1. The fourth-order valence-electron chi connectivity index (χ4n) is 2.07. The summed E-state index contributed by atoms with van der Waals surface area (Å²) in [6, 6.07) is 11.6. The maximum atomic E-state index is 8.94. The summed E-state index contributed by atoms with van der Waals surface area (Å²) in [5.74, 6) is 0.553. The van der Waals surface area contributed by atoms with Crippen molar-refractivity contribution in [1.29, 1.82) is 5.26 Å². The Morgan fingerprint density at radius 1 is 1.33 bits per heavy atom. The fourth-order valence-corrected chi connectivity index (χ4v) is 2.07. The van der Waals surface area contributed by atoms with Crippen molar-refractivity contribution in [3.05, 3.63) is 47.7 Å². The zero-order valence-electron chi connectivity index (χ0n) is 12.4. The van der Waals surface area contributed by atoms with Crippen molar-refractivity contribution < 1.29 is 4.74 Å². The lowest BCUT2D eigenvalue weighted by atomic mass is 10.1. The lowest BCUT2D eigenvalue weighted by Crippen LogP contribution is -2.13. The van der Waals surface area contributed by atoms with Gasteiger partial charge in [-0.05, 0) is 23.8 Å².